The molecule has 1 fully saturated rings. The van der Waals surface area contributed by atoms with Crippen molar-refractivity contribution in [1.82, 2.24) is 15.5 Å². The Morgan fingerprint density at radius 1 is 1.18 bits per heavy atom. The molecule has 0 aromatic heterocycles. The number of hydrogen-bond donors (Lipinski definition) is 3. The van der Waals surface area contributed by atoms with Crippen LogP contribution in [0.2, 0.25) is 0 Å². The van der Waals surface area contributed by atoms with Crippen molar-refractivity contribution >= 4 is 17.8 Å². The van der Waals surface area contributed by atoms with E-state index in [-0.39, 0.29) is 17.7 Å². The Labute approximate surface area is 131 Å². The van der Waals surface area contributed by atoms with Gasteiger partial charge in [-0.1, -0.05) is 20.8 Å². The maximum Gasteiger partial charge on any atom is 0.305 e. The topological polar surface area (TPSA) is 98.7 Å². The number of amides is 2. The first-order valence-electron chi connectivity index (χ1n) is 7.91. The van der Waals surface area contributed by atoms with Crippen LogP contribution in [-0.2, 0) is 14.4 Å². The normalized spacial score (nSPS) is 17.4. The molecule has 1 rings (SSSR count). The minimum absolute atomic E-state index is 0.0484. The van der Waals surface area contributed by atoms with Crippen LogP contribution in [0.5, 0.6) is 0 Å². The average molecular weight is 313 g/mol. The summed E-state index contributed by atoms with van der Waals surface area (Å²) < 4.78 is 0. The molecule has 1 heterocycles. The zero-order valence-electron chi connectivity index (χ0n) is 13.6. The largest absolute Gasteiger partial charge is 0.481 e. The summed E-state index contributed by atoms with van der Waals surface area (Å²) in [5.41, 5.74) is 0. The molecule has 126 valence electrons. The van der Waals surface area contributed by atoms with Crippen LogP contribution < -0.4 is 10.6 Å². The zero-order valence-corrected chi connectivity index (χ0v) is 13.6. The van der Waals surface area contributed by atoms with Crippen LogP contribution in [0.1, 0.15) is 40.0 Å². The van der Waals surface area contributed by atoms with E-state index in [1.54, 1.807) is 4.90 Å². The van der Waals surface area contributed by atoms with Gasteiger partial charge in [0.1, 0.15) is 6.04 Å². The molecule has 0 unspecified atom stereocenters. The van der Waals surface area contributed by atoms with Gasteiger partial charge in [-0.05, 0) is 25.3 Å². The lowest BCUT2D eigenvalue weighted by Gasteiger charge is -2.26. The fourth-order valence-corrected chi connectivity index (χ4v) is 2.65. The van der Waals surface area contributed by atoms with Gasteiger partial charge in [-0.2, -0.15) is 0 Å². The third-order valence-electron chi connectivity index (χ3n) is 3.78. The van der Waals surface area contributed by atoms with Gasteiger partial charge in [-0.25, -0.2) is 0 Å². The summed E-state index contributed by atoms with van der Waals surface area (Å²) in [5.74, 6) is -1.67. The molecule has 1 saturated heterocycles. The summed E-state index contributed by atoms with van der Waals surface area (Å²) in [6, 6.07) is -1.43. The fraction of sp³-hybridized carbons (Fsp3) is 0.800. The van der Waals surface area contributed by atoms with Crippen LogP contribution >= 0.6 is 0 Å². The smallest absolute Gasteiger partial charge is 0.305 e. The zero-order chi connectivity index (χ0) is 16.7. The number of aliphatic carboxylic acids is 1. The minimum Gasteiger partial charge on any atom is -0.481 e. The van der Waals surface area contributed by atoms with Crippen molar-refractivity contribution in [1.29, 1.82) is 0 Å². The van der Waals surface area contributed by atoms with E-state index in [0.717, 1.165) is 12.8 Å². The molecule has 1 aliphatic rings. The highest BCUT2D eigenvalue weighted by atomic mass is 16.4. The predicted molar refractivity (Wildman–Crippen MR) is 82.3 cm³/mol. The van der Waals surface area contributed by atoms with Gasteiger partial charge in [0.25, 0.3) is 0 Å². The summed E-state index contributed by atoms with van der Waals surface area (Å²) in [5, 5.41) is 14.7. The van der Waals surface area contributed by atoms with Crippen LogP contribution in [0.25, 0.3) is 0 Å². The summed E-state index contributed by atoms with van der Waals surface area (Å²) in [6.07, 6.45) is 1.45. The summed E-state index contributed by atoms with van der Waals surface area (Å²) >= 11 is 0. The minimum atomic E-state index is -1.10. The van der Waals surface area contributed by atoms with Crippen LogP contribution in [-0.4, -0.2) is 59.5 Å². The second-order valence-corrected chi connectivity index (χ2v) is 5.97. The Morgan fingerprint density at radius 2 is 1.77 bits per heavy atom. The van der Waals surface area contributed by atoms with Crippen molar-refractivity contribution in [2.75, 3.05) is 19.6 Å². The Balaban J connectivity index is 2.76. The first kappa shape index (κ1) is 18.4. The van der Waals surface area contributed by atoms with E-state index in [9.17, 15) is 14.4 Å². The van der Waals surface area contributed by atoms with Gasteiger partial charge in [0.05, 0.1) is 12.5 Å². The Hall–Kier alpha value is -1.63. The van der Waals surface area contributed by atoms with Crippen LogP contribution in [0.4, 0.5) is 0 Å². The van der Waals surface area contributed by atoms with E-state index in [0.29, 0.717) is 19.6 Å². The number of rotatable bonds is 8. The molecule has 0 aromatic rings. The molecular weight excluding hydrogens is 286 g/mol. The first-order valence-corrected chi connectivity index (χ1v) is 7.91. The number of nitrogens with one attached hydrogen (secondary N) is 2. The molecule has 0 aliphatic carbocycles. The number of hydrogen-bond acceptors (Lipinski definition) is 4. The lowest BCUT2D eigenvalue weighted by atomic mass is 10.0. The van der Waals surface area contributed by atoms with Gasteiger partial charge < -0.3 is 20.6 Å². The van der Waals surface area contributed by atoms with Crippen molar-refractivity contribution in [3.05, 3.63) is 0 Å². The molecule has 0 bridgehead atoms. The Kier molecular flexibility index (Phi) is 7.31. The predicted octanol–water partition coefficient (Wildman–Crippen LogP) is 0.202. The van der Waals surface area contributed by atoms with Crippen molar-refractivity contribution in [3.8, 4) is 0 Å². The van der Waals surface area contributed by atoms with Crippen LogP contribution in [0.15, 0.2) is 0 Å². The Morgan fingerprint density at radius 3 is 2.23 bits per heavy atom. The lowest BCUT2D eigenvalue weighted by Crippen LogP contribution is -2.55. The molecular formula is C15H27N3O4. The van der Waals surface area contributed by atoms with Crippen molar-refractivity contribution < 1.29 is 19.5 Å². The third kappa shape index (κ3) is 5.29. The molecule has 7 nitrogen and oxygen atoms in total. The second-order valence-electron chi connectivity index (χ2n) is 5.97. The van der Waals surface area contributed by atoms with E-state index in [1.165, 1.54) is 0 Å². The highest BCUT2D eigenvalue weighted by Crippen LogP contribution is 2.11. The maximum absolute atomic E-state index is 12.4. The standard InChI is InChI=1S/C15H27N3O4/c1-4-16-13(10(2)3)14(21)17-11(9-12(19)20)15(22)18-7-5-6-8-18/h10-11,13,16H,4-9H2,1-3H3,(H,17,21)(H,19,20)/t11-,13-/m0/s1. The number of carbonyl (C=O) groups excluding carboxylic acids is 2. The molecule has 0 saturated carbocycles. The second kappa shape index (κ2) is 8.73. The lowest BCUT2D eigenvalue weighted by molar-refractivity contribution is -0.143. The van der Waals surface area contributed by atoms with Gasteiger partial charge in [0, 0.05) is 13.1 Å². The van der Waals surface area contributed by atoms with Gasteiger partial charge in [-0.3, -0.25) is 14.4 Å². The number of carboxylic acid groups (broad SMARTS) is 1. The van der Waals surface area contributed by atoms with Gasteiger partial charge in [0.15, 0.2) is 0 Å². The molecule has 0 spiro atoms. The van der Waals surface area contributed by atoms with Crippen molar-refractivity contribution in [2.45, 2.75) is 52.1 Å². The Bertz CT molecular complexity index is 406. The number of likely N-dealkylation sites (N-methyl/N-ethyl adjacent to an activating group) is 1. The number of carbonyl (C=O) groups is 3. The molecule has 2 atom stereocenters. The summed E-state index contributed by atoms with van der Waals surface area (Å²) in [7, 11) is 0. The molecule has 0 aromatic carbocycles. The monoisotopic (exact) mass is 313 g/mol. The number of nitrogens with zero attached hydrogens (tertiary/aromatic N) is 1. The van der Waals surface area contributed by atoms with Gasteiger partial charge in [-0.15, -0.1) is 0 Å². The summed E-state index contributed by atoms with van der Waals surface area (Å²) in [4.78, 5) is 37.4. The van der Waals surface area contributed by atoms with Crippen molar-refractivity contribution in [2.24, 2.45) is 5.92 Å². The molecule has 22 heavy (non-hydrogen) atoms. The van der Waals surface area contributed by atoms with Gasteiger partial charge >= 0.3 is 5.97 Å². The van der Waals surface area contributed by atoms with E-state index in [1.807, 2.05) is 20.8 Å². The molecule has 1 aliphatic heterocycles. The van der Waals surface area contributed by atoms with E-state index in [2.05, 4.69) is 10.6 Å². The highest BCUT2D eigenvalue weighted by Gasteiger charge is 2.32. The van der Waals surface area contributed by atoms with Gasteiger partial charge in [0.2, 0.25) is 11.8 Å². The fourth-order valence-electron chi connectivity index (χ4n) is 2.65. The SMILES string of the molecule is CCN[C@H](C(=O)N[C@@H](CC(=O)O)C(=O)N1CCCC1)C(C)C. The molecule has 0 radical (unpaired) electrons. The van der Waals surface area contributed by atoms with E-state index in [4.69, 9.17) is 5.11 Å². The first-order chi connectivity index (χ1) is 10.4. The molecule has 2 amide bonds. The van der Waals surface area contributed by atoms with Crippen molar-refractivity contribution in [3.63, 3.8) is 0 Å². The molecule has 7 heteroatoms. The molecule has 3 N–H and O–H groups in total. The maximum atomic E-state index is 12.4. The highest BCUT2D eigenvalue weighted by molar-refractivity contribution is 5.92. The summed E-state index contributed by atoms with van der Waals surface area (Å²) in [6.45, 7) is 7.59. The average Bonchev–Trinajstić information content (AvgIpc) is 2.96. The number of carboxylic acids is 1. The van der Waals surface area contributed by atoms with E-state index >= 15 is 0 Å². The van der Waals surface area contributed by atoms with E-state index < -0.39 is 24.5 Å². The number of likely N-dealkylation sites (tertiary alicyclic amines) is 1. The quantitative estimate of drug-likeness (QED) is 0.595. The third-order valence-corrected chi connectivity index (χ3v) is 3.78. The van der Waals surface area contributed by atoms with Crippen LogP contribution in [0.3, 0.4) is 0 Å². The van der Waals surface area contributed by atoms with Crippen LogP contribution in [0, 0.1) is 5.92 Å².